The van der Waals surface area contributed by atoms with Crippen LogP contribution in [0.5, 0.6) is 0 Å². The average Bonchev–Trinajstić information content (AvgIpc) is 2.31. The summed E-state index contributed by atoms with van der Waals surface area (Å²) in [5, 5.41) is 0. The van der Waals surface area contributed by atoms with E-state index in [-0.39, 0.29) is 6.10 Å². The van der Waals surface area contributed by atoms with E-state index in [1.807, 2.05) is 0 Å². The van der Waals surface area contributed by atoms with Crippen LogP contribution in [0.15, 0.2) is 12.2 Å². The van der Waals surface area contributed by atoms with Crippen LogP contribution in [0.3, 0.4) is 0 Å². The van der Waals surface area contributed by atoms with Crippen molar-refractivity contribution in [1.82, 2.24) is 0 Å². The first-order chi connectivity index (χ1) is 9.12. The summed E-state index contributed by atoms with van der Waals surface area (Å²) in [6, 6.07) is 0. The smallest absolute Gasteiger partial charge is 0.264 e. The van der Waals surface area contributed by atoms with Gasteiger partial charge in [0.2, 0.25) is 0 Å². The van der Waals surface area contributed by atoms with Crippen LogP contribution in [0, 0.1) is 23.2 Å². The van der Waals surface area contributed by atoms with Crippen LogP contribution in [-0.4, -0.2) is 20.8 Å². The Kier molecular flexibility index (Phi) is 4.37. The zero-order chi connectivity index (χ0) is 15.1. The van der Waals surface area contributed by atoms with Gasteiger partial charge in [0.05, 0.1) is 12.4 Å². The molecule has 20 heavy (non-hydrogen) atoms. The molecule has 0 saturated heterocycles. The van der Waals surface area contributed by atoms with Gasteiger partial charge in [-0.15, -0.1) is 0 Å². The molecule has 4 heteroatoms. The Labute approximate surface area is 123 Å². The van der Waals surface area contributed by atoms with Crippen LogP contribution in [0.4, 0.5) is 0 Å². The van der Waals surface area contributed by atoms with E-state index in [4.69, 9.17) is 4.18 Å². The highest BCUT2D eigenvalue weighted by atomic mass is 32.2. The number of fused-ring (bicyclic) bond motifs is 1. The zero-order valence-corrected chi connectivity index (χ0v) is 14.0. The second-order valence-electron chi connectivity index (χ2n) is 7.31. The SMILES string of the molecule is C=C(C)[C@@H]1CC[C@]2(C)CC[C@@H](OS(C)(=O)=O)[C@H](C)[C@H]2C1. The van der Waals surface area contributed by atoms with Crippen molar-refractivity contribution in [3.05, 3.63) is 12.2 Å². The van der Waals surface area contributed by atoms with Crippen molar-refractivity contribution in [2.45, 2.75) is 59.0 Å². The molecule has 0 bridgehead atoms. The molecule has 2 aliphatic rings. The lowest BCUT2D eigenvalue weighted by Gasteiger charge is -2.52. The fraction of sp³-hybridized carbons (Fsp3) is 0.875. The van der Waals surface area contributed by atoms with Gasteiger partial charge in [0.25, 0.3) is 10.1 Å². The second kappa shape index (κ2) is 5.45. The lowest BCUT2D eigenvalue weighted by molar-refractivity contribution is -0.0515. The summed E-state index contributed by atoms with van der Waals surface area (Å²) in [6.07, 6.45) is 6.54. The number of hydrogen-bond donors (Lipinski definition) is 0. The molecule has 3 nitrogen and oxygen atoms in total. The van der Waals surface area contributed by atoms with Crippen LogP contribution < -0.4 is 0 Å². The van der Waals surface area contributed by atoms with Gasteiger partial charge in [-0.25, -0.2) is 0 Å². The van der Waals surface area contributed by atoms with Crippen molar-refractivity contribution in [2.75, 3.05) is 6.26 Å². The van der Waals surface area contributed by atoms with Crippen LogP contribution in [0.25, 0.3) is 0 Å². The molecule has 5 atom stereocenters. The van der Waals surface area contributed by atoms with E-state index >= 15 is 0 Å². The molecule has 0 aromatic carbocycles. The molecule has 0 unspecified atom stereocenters. The Bertz CT molecular complexity index is 482. The van der Waals surface area contributed by atoms with Crippen LogP contribution in [-0.2, 0) is 14.3 Å². The Morgan fingerprint density at radius 2 is 1.90 bits per heavy atom. The number of hydrogen-bond acceptors (Lipinski definition) is 3. The largest absolute Gasteiger partial charge is 0.267 e. The predicted molar refractivity (Wildman–Crippen MR) is 81.9 cm³/mol. The maximum Gasteiger partial charge on any atom is 0.264 e. The molecule has 0 radical (unpaired) electrons. The van der Waals surface area contributed by atoms with E-state index in [2.05, 4.69) is 27.4 Å². The molecular weight excluding hydrogens is 272 g/mol. The Morgan fingerprint density at radius 1 is 1.30 bits per heavy atom. The van der Waals surface area contributed by atoms with Crippen molar-refractivity contribution in [2.24, 2.45) is 23.2 Å². The molecule has 116 valence electrons. The standard InChI is InChI=1S/C16H28O3S/c1-11(2)13-6-8-16(4)9-7-15(19-20(5,17)18)12(3)14(16)10-13/h12-15H,1,6-10H2,2-5H3/t12-,13-,14-,15-,16-/m1/s1. The van der Waals surface area contributed by atoms with Crippen LogP contribution in [0.1, 0.15) is 52.9 Å². The van der Waals surface area contributed by atoms with Crippen molar-refractivity contribution in [1.29, 1.82) is 0 Å². The van der Waals surface area contributed by atoms with Gasteiger partial charge >= 0.3 is 0 Å². The molecule has 0 aliphatic heterocycles. The number of rotatable bonds is 3. The summed E-state index contributed by atoms with van der Waals surface area (Å²) in [7, 11) is -3.36. The van der Waals surface area contributed by atoms with Crippen molar-refractivity contribution < 1.29 is 12.6 Å². The van der Waals surface area contributed by atoms with E-state index in [1.165, 1.54) is 18.4 Å². The third kappa shape index (κ3) is 3.28. The fourth-order valence-electron chi connectivity index (χ4n) is 4.36. The van der Waals surface area contributed by atoms with Gasteiger partial charge in [-0.05, 0) is 62.2 Å². The lowest BCUT2D eigenvalue weighted by atomic mass is 9.54. The Hall–Kier alpha value is -0.350. The fourth-order valence-corrected chi connectivity index (χ4v) is 5.08. The van der Waals surface area contributed by atoms with Crippen molar-refractivity contribution in [3.8, 4) is 0 Å². The Morgan fingerprint density at radius 3 is 2.45 bits per heavy atom. The first-order valence-electron chi connectivity index (χ1n) is 7.66. The molecule has 0 heterocycles. The minimum atomic E-state index is -3.36. The summed E-state index contributed by atoms with van der Waals surface area (Å²) in [4.78, 5) is 0. The number of allylic oxidation sites excluding steroid dienone is 1. The van der Waals surface area contributed by atoms with Crippen molar-refractivity contribution >= 4 is 10.1 Å². The molecule has 0 N–H and O–H groups in total. The van der Waals surface area contributed by atoms with Gasteiger partial charge in [-0.1, -0.05) is 26.0 Å². The Balaban J connectivity index is 2.16. The van der Waals surface area contributed by atoms with Gasteiger partial charge in [0.1, 0.15) is 0 Å². The topological polar surface area (TPSA) is 43.4 Å². The minimum absolute atomic E-state index is 0.146. The normalized spacial score (nSPS) is 42.0. The van der Waals surface area contributed by atoms with E-state index in [1.54, 1.807) is 0 Å². The van der Waals surface area contributed by atoms with Gasteiger partial charge in [0.15, 0.2) is 0 Å². The maximum absolute atomic E-state index is 11.4. The summed E-state index contributed by atoms with van der Waals surface area (Å²) in [5.74, 6) is 1.43. The third-order valence-electron chi connectivity index (χ3n) is 5.71. The van der Waals surface area contributed by atoms with Gasteiger partial charge < -0.3 is 0 Å². The molecule has 2 fully saturated rings. The molecular formula is C16H28O3S. The van der Waals surface area contributed by atoms with Gasteiger partial charge in [-0.3, -0.25) is 4.18 Å². The monoisotopic (exact) mass is 300 g/mol. The highest BCUT2D eigenvalue weighted by Crippen LogP contribution is 2.55. The first-order valence-corrected chi connectivity index (χ1v) is 9.48. The molecule has 0 amide bonds. The molecule has 2 rings (SSSR count). The minimum Gasteiger partial charge on any atom is -0.267 e. The zero-order valence-electron chi connectivity index (χ0n) is 13.2. The highest BCUT2D eigenvalue weighted by molar-refractivity contribution is 7.86. The van der Waals surface area contributed by atoms with Crippen LogP contribution in [0.2, 0.25) is 0 Å². The average molecular weight is 300 g/mol. The quantitative estimate of drug-likeness (QED) is 0.589. The molecule has 2 saturated carbocycles. The van der Waals surface area contributed by atoms with E-state index in [0.29, 0.717) is 23.2 Å². The van der Waals surface area contributed by atoms with Crippen molar-refractivity contribution in [3.63, 3.8) is 0 Å². The summed E-state index contributed by atoms with van der Waals surface area (Å²) >= 11 is 0. The molecule has 0 aromatic rings. The molecule has 2 aliphatic carbocycles. The maximum atomic E-state index is 11.4. The first kappa shape index (κ1) is 16.0. The van der Waals surface area contributed by atoms with Gasteiger partial charge in [-0.2, -0.15) is 8.42 Å². The second-order valence-corrected chi connectivity index (χ2v) is 8.92. The summed E-state index contributed by atoms with van der Waals surface area (Å²) in [6.45, 7) is 10.8. The van der Waals surface area contributed by atoms with Crippen LogP contribution >= 0.6 is 0 Å². The third-order valence-corrected chi connectivity index (χ3v) is 6.31. The van der Waals surface area contributed by atoms with E-state index in [0.717, 1.165) is 25.5 Å². The van der Waals surface area contributed by atoms with E-state index < -0.39 is 10.1 Å². The van der Waals surface area contributed by atoms with Gasteiger partial charge in [0, 0.05) is 0 Å². The summed E-state index contributed by atoms with van der Waals surface area (Å²) in [5.41, 5.74) is 1.62. The molecule has 0 spiro atoms. The molecule has 0 aromatic heterocycles. The highest BCUT2D eigenvalue weighted by Gasteiger charge is 2.48. The predicted octanol–water partition coefficient (Wildman–Crippen LogP) is 3.76. The lowest BCUT2D eigenvalue weighted by Crippen LogP contribution is -2.47. The van der Waals surface area contributed by atoms with E-state index in [9.17, 15) is 8.42 Å². The summed E-state index contributed by atoms with van der Waals surface area (Å²) < 4.78 is 28.2.